The van der Waals surface area contributed by atoms with Gasteiger partial charge >= 0.3 is 0 Å². The molecule has 1 aromatic heterocycles. The standard InChI is InChI=1S/C13H17N3O/c17-11-13-4-1-3-12(9-13)10-14-6-8-16-7-2-5-15-16/h1-5,7,9,14,17H,6,8,10-11H2. The van der Waals surface area contributed by atoms with Crippen molar-refractivity contribution < 1.29 is 5.11 Å². The molecule has 4 heteroatoms. The van der Waals surface area contributed by atoms with Gasteiger partial charge in [-0.2, -0.15) is 5.10 Å². The fraction of sp³-hybridized carbons (Fsp3) is 0.308. The smallest absolute Gasteiger partial charge is 0.0681 e. The zero-order valence-electron chi connectivity index (χ0n) is 9.71. The highest BCUT2D eigenvalue weighted by molar-refractivity contribution is 5.22. The largest absolute Gasteiger partial charge is 0.392 e. The maximum atomic E-state index is 9.03. The summed E-state index contributed by atoms with van der Waals surface area (Å²) in [5, 5.41) is 16.5. The number of aliphatic hydroxyl groups excluding tert-OH is 1. The van der Waals surface area contributed by atoms with Crippen LogP contribution in [-0.2, 0) is 19.7 Å². The molecule has 0 amide bonds. The van der Waals surface area contributed by atoms with E-state index >= 15 is 0 Å². The molecule has 0 saturated heterocycles. The number of rotatable bonds is 6. The van der Waals surface area contributed by atoms with Crippen molar-refractivity contribution in [3.8, 4) is 0 Å². The van der Waals surface area contributed by atoms with Crippen LogP contribution in [0, 0.1) is 0 Å². The SMILES string of the molecule is OCc1cccc(CNCCn2cccn2)c1. The number of nitrogens with one attached hydrogen (secondary N) is 1. The molecule has 0 spiro atoms. The van der Waals surface area contributed by atoms with E-state index in [-0.39, 0.29) is 6.61 Å². The first-order valence-corrected chi connectivity index (χ1v) is 5.75. The van der Waals surface area contributed by atoms with Crippen LogP contribution >= 0.6 is 0 Å². The molecule has 2 rings (SSSR count). The number of hydrogen-bond acceptors (Lipinski definition) is 3. The number of aliphatic hydroxyl groups is 1. The maximum absolute atomic E-state index is 9.03. The fourth-order valence-electron chi connectivity index (χ4n) is 1.70. The Bertz CT molecular complexity index is 440. The van der Waals surface area contributed by atoms with Crippen LogP contribution in [0.15, 0.2) is 42.7 Å². The Balaban J connectivity index is 1.74. The van der Waals surface area contributed by atoms with Gasteiger partial charge in [0.25, 0.3) is 0 Å². The van der Waals surface area contributed by atoms with Crippen LogP contribution in [0.5, 0.6) is 0 Å². The summed E-state index contributed by atoms with van der Waals surface area (Å²) in [7, 11) is 0. The molecule has 0 saturated carbocycles. The minimum atomic E-state index is 0.0983. The highest BCUT2D eigenvalue weighted by atomic mass is 16.3. The Morgan fingerprint density at radius 2 is 2.12 bits per heavy atom. The fourth-order valence-corrected chi connectivity index (χ4v) is 1.70. The van der Waals surface area contributed by atoms with Gasteiger partial charge in [0.15, 0.2) is 0 Å². The normalized spacial score (nSPS) is 10.6. The second-order valence-electron chi connectivity index (χ2n) is 3.92. The molecule has 0 aliphatic carbocycles. The van der Waals surface area contributed by atoms with E-state index in [9.17, 15) is 0 Å². The first-order valence-electron chi connectivity index (χ1n) is 5.75. The van der Waals surface area contributed by atoms with Gasteiger partial charge in [-0.25, -0.2) is 0 Å². The Hall–Kier alpha value is -1.65. The zero-order chi connectivity index (χ0) is 11.9. The second kappa shape index (κ2) is 6.18. The lowest BCUT2D eigenvalue weighted by atomic mass is 10.1. The Morgan fingerprint density at radius 3 is 2.88 bits per heavy atom. The molecule has 17 heavy (non-hydrogen) atoms. The number of nitrogens with zero attached hydrogens (tertiary/aromatic N) is 2. The first kappa shape index (κ1) is 11.8. The first-order chi connectivity index (χ1) is 8.38. The molecular weight excluding hydrogens is 214 g/mol. The summed E-state index contributed by atoms with van der Waals surface area (Å²) in [5.41, 5.74) is 2.15. The predicted octanol–water partition coefficient (Wildman–Crippen LogP) is 1.17. The summed E-state index contributed by atoms with van der Waals surface area (Å²) >= 11 is 0. The van der Waals surface area contributed by atoms with Crippen molar-refractivity contribution in [2.24, 2.45) is 0 Å². The Labute approximate surface area is 101 Å². The second-order valence-corrected chi connectivity index (χ2v) is 3.92. The van der Waals surface area contributed by atoms with Crippen molar-refractivity contribution >= 4 is 0 Å². The Morgan fingerprint density at radius 1 is 1.24 bits per heavy atom. The number of hydrogen-bond donors (Lipinski definition) is 2. The molecule has 0 atom stereocenters. The van der Waals surface area contributed by atoms with E-state index in [2.05, 4.69) is 16.5 Å². The summed E-state index contributed by atoms with van der Waals surface area (Å²) < 4.78 is 1.90. The van der Waals surface area contributed by atoms with Crippen LogP contribution < -0.4 is 5.32 Å². The molecule has 0 aliphatic rings. The van der Waals surface area contributed by atoms with E-state index in [1.54, 1.807) is 6.20 Å². The van der Waals surface area contributed by atoms with Crippen molar-refractivity contribution in [3.05, 3.63) is 53.9 Å². The molecular formula is C13H17N3O. The highest BCUT2D eigenvalue weighted by Crippen LogP contribution is 2.04. The minimum absolute atomic E-state index is 0.0983. The third-order valence-electron chi connectivity index (χ3n) is 2.58. The molecule has 0 bridgehead atoms. The van der Waals surface area contributed by atoms with Crippen LogP contribution in [0.4, 0.5) is 0 Å². The van der Waals surface area contributed by atoms with Gasteiger partial charge in [-0.1, -0.05) is 24.3 Å². The summed E-state index contributed by atoms with van der Waals surface area (Å²) in [5.74, 6) is 0. The Kier molecular flexibility index (Phi) is 4.30. The van der Waals surface area contributed by atoms with Gasteiger partial charge in [0.2, 0.25) is 0 Å². The molecule has 1 aromatic carbocycles. The van der Waals surface area contributed by atoms with Crippen molar-refractivity contribution in [3.63, 3.8) is 0 Å². The zero-order valence-corrected chi connectivity index (χ0v) is 9.71. The summed E-state index contributed by atoms with van der Waals surface area (Å²) in [6.45, 7) is 2.66. The molecule has 4 nitrogen and oxygen atoms in total. The van der Waals surface area contributed by atoms with Crippen LogP contribution in [0.3, 0.4) is 0 Å². The predicted molar refractivity (Wildman–Crippen MR) is 66.3 cm³/mol. The topological polar surface area (TPSA) is 50.1 Å². The van der Waals surface area contributed by atoms with E-state index in [0.29, 0.717) is 0 Å². The van der Waals surface area contributed by atoms with E-state index in [0.717, 1.165) is 25.2 Å². The minimum Gasteiger partial charge on any atom is -0.392 e. The van der Waals surface area contributed by atoms with Crippen molar-refractivity contribution in [1.82, 2.24) is 15.1 Å². The van der Waals surface area contributed by atoms with Crippen molar-refractivity contribution in [2.75, 3.05) is 6.54 Å². The van der Waals surface area contributed by atoms with E-state index < -0.39 is 0 Å². The molecule has 1 heterocycles. The molecule has 0 unspecified atom stereocenters. The van der Waals surface area contributed by atoms with Crippen LogP contribution in [0.25, 0.3) is 0 Å². The third-order valence-corrected chi connectivity index (χ3v) is 2.58. The molecule has 0 radical (unpaired) electrons. The summed E-state index contributed by atoms with van der Waals surface area (Å²) in [4.78, 5) is 0. The van der Waals surface area contributed by atoms with Gasteiger partial charge in [-0.3, -0.25) is 4.68 Å². The average molecular weight is 231 g/mol. The van der Waals surface area contributed by atoms with Gasteiger partial charge in [0.05, 0.1) is 13.2 Å². The van der Waals surface area contributed by atoms with Crippen LogP contribution in [0.2, 0.25) is 0 Å². The monoisotopic (exact) mass is 231 g/mol. The van der Waals surface area contributed by atoms with E-state index in [1.165, 1.54) is 5.56 Å². The highest BCUT2D eigenvalue weighted by Gasteiger charge is 1.95. The third kappa shape index (κ3) is 3.69. The van der Waals surface area contributed by atoms with Gasteiger partial charge in [-0.05, 0) is 17.2 Å². The van der Waals surface area contributed by atoms with Crippen LogP contribution in [-0.4, -0.2) is 21.4 Å². The van der Waals surface area contributed by atoms with Crippen molar-refractivity contribution in [1.29, 1.82) is 0 Å². The number of benzene rings is 1. The van der Waals surface area contributed by atoms with Gasteiger partial charge in [0, 0.05) is 25.5 Å². The molecule has 2 N–H and O–H groups in total. The average Bonchev–Trinajstić information content (AvgIpc) is 2.88. The quantitative estimate of drug-likeness (QED) is 0.734. The lowest BCUT2D eigenvalue weighted by Gasteiger charge is -2.06. The maximum Gasteiger partial charge on any atom is 0.0681 e. The van der Waals surface area contributed by atoms with E-state index in [4.69, 9.17) is 5.11 Å². The van der Waals surface area contributed by atoms with Gasteiger partial charge < -0.3 is 10.4 Å². The molecule has 90 valence electrons. The summed E-state index contributed by atoms with van der Waals surface area (Å²) in [6, 6.07) is 9.88. The van der Waals surface area contributed by atoms with Crippen molar-refractivity contribution in [2.45, 2.75) is 19.7 Å². The lowest BCUT2D eigenvalue weighted by molar-refractivity contribution is 0.281. The molecule has 2 aromatic rings. The number of aromatic nitrogens is 2. The van der Waals surface area contributed by atoms with Gasteiger partial charge in [0.1, 0.15) is 0 Å². The molecule has 0 fully saturated rings. The summed E-state index contributed by atoms with van der Waals surface area (Å²) in [6.07, 6.45) is 3.73. The lowest BCUT2D eigenvalue weighted by Crippen LogP contribution is -2.19. The van der Waals surface area contributed by atoms with Crippen LogP contribution in [0.1, 0.15) is 11.1 Å². The van der Waals surface area contributed by atoms with Gasteiger partial charge in [-0.15, -0.1) is 0 Å². The molecule has 0 aliphatic heterocycles. The van der Waals surface area contributed by atoms with E-state index in [1.807, 2.05) is 35.1 Å².